The molecule has 0 radical (unpaired) electrons. The van der Waals surface area contributed by atoms with Crippen LogP contribution in [0.25, 0.3) is 0 Å². The summed E-state index contributed by atoms with van der Waals surface area (Å²) >= 11 is 0. The number of hydrogen-bond acceptors (Lipinski definition) is 4. The normalized spacial score (nSPS) is 20.3. The van der Waals surface area contributed by atoms with Gasteiger partial charge in [-0.15, -0.1) is 0 Å². The van der Waals surface area contributed by atoms with Gasteiger partial charge in [-0.2, -0.15) is 0 Å². The molecule has 1 saturated heterocycles. The number of hydrogen-bond donors (Lipinski definition) is 1. The zero-order valence-electron chi connectivity index (χ0n) is 11.4. The monoisotopic (exact) mass is 283 g/mol. The van der Waals surface area contributed by atoms with Crippen molar-refractivity contribution in [1.29, 1.82) is 0 Å². The van der Waals surface area contributed by atoms with Gasteiger partial charge in [-0.1, -0.05) is 6.07 Å². The zero-order chi connectivity index (χ0) is 13.9. The second-order valence-electron chi connectivity index (χ2n) is 4.90. The molecular weight excluding hydrogens is 262 g/mol. The van der Waals surface area contributed by atoms with Crippen molar-refractivity contribution < 1.29 is 8.42 Å². The third-order valence-electron chi connectivity index (χ3n) is 3.77. The Balaban J connectivity index is 2.11. The number of nitrogens with one attached hydrogen (secondary N) is 1. The molecule has 1 N–H and O–H groups in total. The Labute approximate surface area is 115 Å². The second kappa shape index (κ2) is 5.98. The Hall–Kier alpha value is -0.980. The van der Waals surface area contributed by atoms with E-state index in [0.29, 0.717) is 24.8 Å². The fourth-order valence-corrected chi connectivity index (χ4v) is 4.00. The van der Waals surface area contributed by atoms with Crippen LogP contribution in [0.3, 0.4) is 0 Å². The number of piperidine rings is 1. The summed E-state index contributed by atoms with van der Waals surface area (Å²) < 4.78 is 26.7. The van der Waals surface area contributed by atoms with Crippen LogP contribution in [-0.4, -0.2) is 43.9 Å². The highest BCUT2D eigenvalue weighted by atomic mass is 32.2. The first-order valence-corrected chi connectivity index (χ1v) is 8.13. The van der Waals surface area contributed by atoms with E-state index < -0.39 is 15.3 Å². The highest BCUT2D eigenvalue weighted by Gasteiger charge is 2.33. The van der Waals surface area contributed by atoms with Crippen molar-refractivity contribution in [3.63, 3.8) is 0 Å². The van der Waals surface area contributed by atoms with Gasteiger partial charge in [-0.3, -0.25) is 4.98 Å². The van der Waals surface area contributed by atoms with Crippen LogP contribution >= 0.6 is 0 Å². The van der Waals surface area contributed by atoms with Gasteiger partial charge >= 0.3 is 0 Å². The molecule has 0 saturated carbocycles. The lowest BCUT2D eigenvalue weighted by molar-refractivity contribution is 0.296. The van der Waals surface area contributed by atoms with Gasteiger partial charge in [0.05, 0.1) is 5.69 Å². The van der Waals surface area contributed by atoms with E-state index in [1.807, 2.05) is 13.1 Å². The fourth-order valence-electron chi connectivity index (χ4n) is 2.39. The van der Waals surface area contributed by atoms with Crippen LogP contribution in [0.1, 0.15) is 30.7 Å². The van der Waals surface area contributed by atoms with Crippen molar-refractivity contribution in [2.45, 2.75) is 31.1 Å². The van der Waals surface area contributed by atoms with Gasteiger partial charge in [0, 0.05) is 25.3 Å². The molecule has 2 rings (SSSR count). The minimum Gasteiger partial charge on any atom is -0.317 e. The van der Waals surface area contributed by atoms with E-state index in [4.69, 9.17) is 0 Å². The second-order valence-corrected chi connectivity index (χ2v) is 7.16. The fraction of sp³-hybridized carbons (Fsp3) is 0.615. The van der Waals surface area contributed by atoms with Gasteiger partial charge in [0.25, 0.3) is 0 Å². The van der Waals surface area contributed by atoms with Crippen LogP contribution in [0.15, 0.2) is 24.4 Å². The predicted octanol–water partition coefficient (Wildman–Crippen LogP) is 1.16. The molecule has 0 unspecified atom stereocenters. The van der Waals surface area contributed by atoms with Crippen molar-refractivity contribution in [2.75, 3.05) is 20.1 Å². The van der Waals surface area contributed by atoms with Gasteiger partial charge in [-0.25, -0.2) is 12.7 Å². The lowest BCUT2D eigenvalue weighted by Crippen LogP contribution is -2.45. The minimum absolute atomic E-state index is 0.427. The Kier molecular flexibility index (Phi) is 4.54. The van der Waals surface area contributed by atoms with Crippen LogP contribution in [0.2, 0.25) is 0 Å². The standard InChI is InChI=1S/C13H21N3O2S/c1-11(13-5-3-4-8-15-13)19(17,18)16-9-6-12(14-2)7-10-16/h3-5,8,11-12,14H,6-7,9-10H2,1-2H3/t11-/m1/s1. The van der Waals surface area contributed by atoms with Crippen LogP contribution in [0.4, 0.5) is 0 Å². The van der Waals surface area contributed by atoms with Crippen molar-refractivity contribution in [3.8, 4) is 0 Å². The first kappa shape index (κ1) is 14.4. The Morgan fingerprint density at radius 2 is 2.05 bits per heavy atom. The van der Waals surface area contributed by atoms with Crippen molar-refractivity contribution in [2.24, 2.45) is 0 Å². The lowest BCUT2D eigenvalue weighted by atomic mass is 10.1. The molecule has 2 heterocycles. The molecule has 0 spiro atoms. The number of rotatable bonds is 4. The van der Waals surface area contributed by atoms with Gasteiger partial charge in [-0.05, 0) is 38.9 Å². The average Bonchev–Trinajstić information content (AvgIpc) is 2.47. The molecule has 1 atom stereocenters. The van der Waals surface area contributed by atoms with Gasteiger partial charge < -0.3 is 5.32 Å². The van der Waals surface area contributed by atoms with E-state index in [2.05, 4.69) is 10.3 Å². The maximum absolute atomic E-state index is 12.5. The van der Waals surface area contributed by atoms with E-state index in [0.717, 1.165) is 12.8 Å². The Morgan fingerprint density at radius 3 is 2.58 bits per heavy atom. The quantitative estimate of drug-likeness (QED) is 0.900. The summed E-state index contributed by atoms with van der Waals surface area (Å²) in [5, 5.41) is 2.62. The van der Waals surface area contributed by atoms with Crippen LogP contribution in [0.5, 0.6) is 0 Å². The Morgan fingerprint density at radius 1 is 1.37 bits per heavy atom. The Bertz CT molecular complexity index is 496. The largest absolute Gasteiger partial charge is 0.317 e. The van der Waals surface area contributed by atoms with E-state index in [1.165, 1.54) is 0 Å². The minimum atomic E-state index is -3.30. The van der Waals surface area contributed by atoms with Gasteiger partial charge in [0.15, 0.2) is 0 Å². The molecule has 0 amide bonds. The number of aromatic nitrogens is 1. The number of sulfonamides is 1. The average molecular weight is 283 g/mol. The number of nitrogens with zero attached hydrogens (tertiary/aromatic N) is 2. The molecular formula is C13H21N3O2S. The molecule has 1 aliphatic heterocycles. The molecule has 5 nitrogen and oxygen atoms in total. The topological polar surface area (TPSA) is 62.3 Å². The maximum atomic E-state index is 12.5. The maximum Gasteiger partial charge on any atom is 0.222 e. The summed E-state index contributed by atoms with van der Waals surface area (Å²) in [6.07, 6.45) is 3.37. The molecule has 0 bridgehead atoms. The summed E-state index contributed by atoms with van der Waals surface area (Å²) in [5.41, 5.74) is 0.609. The summed E-state index contributed by atoms with van der Waals surface area (Å²) in [6.45, 7) is 2.89. The lowest BCUT2D eigenvalue weighted by Gasteiger charge is -2.32. The molecule has 6 heteroatoms. The van der Waals surface area contributed by atoms with Crippen molar-refractivity contribution in [1.82, 2.24) is 14.6 Å². The highest BCUT2D eigenvalue weighted by Crippen LogP contribution is 2.26. The number of pyridine rings is 1. The molecule has 1 aliphatic rings. The molecule has 19 heavy (non-hydrogen) atoms. The third kappa shape index (κ3) is 3.13. The molecule has 1 fully saturated rings. The molecule has 1 aromatic heterocycles. The highest BCUT2D eigenvalue weighted by molar-refractivity contribution is 7.89. The summed E-state index contributed by atoms with van der Waals surface area (Å²) in [5.74, 6) is 0. The summed E-state index contributed by atoms with van der Waals surface area (Å²) in [7, 11) is -1.38. The first-order chi connectivity index (χ1) is 9.05. The van der Waals surface area contributed by atoms with Crippen LogP contribution in [-0.2, 0) is 10.0 Å². The molecule has 0 aliphatic carbocycles. The molecule has 106 valence electrons. The first-order valence-electron chi connectivity index (χ1n) is 6.63. The van der Waals surface area contributed by atoms with Gasteiger partial charge in [0.2, 0.25) is 10.0 Å². The van der Waals surface area contributed by atoms with Crippen LogP contribution < -0.4 is 5.32 Å². The third-order valence-corrected chi connectivity index (χ3v) is 5.99. The van der Waals surface area contributed by atoms with Crippen LogP contribution in [0, 0.1) is 0 Å². The van der Waals surface area contributed by atoms with E-state index in [1.54, 1.807) is 29.6 Å². The molecule has 0 aromatic carbocycles. The zero-order valence-corrected chi connectivity index (χ0v) is 12.2. The smallest absolute Gasteiger partial charge is 0.222 e. The SMILES string of the molecule is CNC1CCN(S(=O)(=O)[C@H](C)c2ccccn2)CC1. The summed E-state index contributed by atoms with van der Waals surface area (Å²) in [6, 6.07) is 5.81. The predicted molar refractivity (Wildman–Crippen MR) is 75.2 cm³/mol. The van der Waals surface area contributed by atoms with Crippen molar-refractivity contribution >= 4 is 10.0 Å². The van der Waals surface area contributed by atoms with Gasteiger partial charge in [0.1, 0.15) is 5.25 Å². The van der Waals surface area contributed by atoms with E-state index in [-0.39, 0.29) is 0 Å². The molecule has 1 aromatic rings. The van der Waals surface area contributed by atoms with E-state index >= 15 is 0 Å². The van der Waals surface area contributed by atoms with E-state index in [9.17, 15) is 8.42 Å². The van der Waals surface area contributed by atoms with Crippen molar-refractivity contribution in [3.05, 3.63) is 30.1 Å². The summed E-state index contributed by atoms with van der Waals surface area (Å²) in [4.78, 5) is 4.15.